The molecule has 1 aromatic carbocycles. The lowest BCUT2D eigenvalue weighted by Crippen LogP contribution is -2.30. The first-order chi connectivity index (χ1) is 13.1. The summed E-state index contributed by atoms with van der Waals surface area (Å²) in [6.45, 7) is 0.0870. The highest BCUT2D eigenvalue weighted by Gasteiger charge is 2.21. The average molecular weight is 399 g/mol. The van der Waals surface area contributed by atoms with E-state index in [0.29, 0.717) is 11.4 Å². The van der Waals surface area contributed by atoms with E-state index in [1.165, 1.54) is 22.3 Å². The summed E-state index contributed by atoms with van der Waals surface area (Å²) in [5.74, 6) is -1.23. The zero-order valence-corrected chi connectivity index (χ0v) is 16.2. The quantitative estimate of drug-likeness (QED) is 0.447. The molecule has 1 amide bonds. The van der Waals surface area contributed by atoms with Gasteiger partial charge >= 0.3 is 5.97 Å². The van der Waals surface area contributed by atoms with E-state index in [9.17, 15) is 14.4 Å². The molecule has 0 spiro atoms. The number of nitrogens with zero attached hydrogens (tertiary/aromatic N) is 1. The van der Waals surface area contributed by atoms with Gasteiger partial charge in [0.05, 0.1) is 17.0 Å². The second-order valence-corrected chi connectivity index (χ2v) is 7.74. The number of ether oxygens (including phenoxy) is 1. The Hall–Kier alpha value is -2.77. The summed E-state index contributed by atoms with van der Waals surface area (Å²) >= 11 is 2.86. The highest BCUT2D eigenvalue weighted by molar-refractivity contribution is 7.12. The van der Waals surface area contributed by atoms with Gasteiger partial charge in [-0.25, -0.2) is 4.79 Å². The van der Waals surface area contributed by atoms with Crippen molar-refractivity contribution in [3.63, 3.8) is 0 Å². The highest BCUT2D eigenvalue weighted by Crippen LogP contribution is 2.19. The molecule has 138 valence electrons. The number of carbonyl (C=O) groups excluding carboxylic acids is 3. The number of hydrogen-bond donors (Lipinski definition) is 0. The van der Waals surface area contributed by atoms with Gasteiger partial charge in [0.15, 0.2) is 6.61 Å². The van der Waals surface area contributed by atoms with Crippen LogP contribution in [0.25, 0.3) is 0 Å². The minimum Gasteiger partial charge on any atom is -0.452 e. The summed E-state index contributed by atoms with van der Waals surface area (Å²) in [7, 11) is 1.66. The minimum atomic E-state index is -0.687. The van der Waals surface area contributed by atoms with Crippen LogP contribution >= 0.6 is 22.7 Å². The Labute approximate surface area is 164 Å². The van der Waals surface area contributed by atoms with Gasteiger partial charge in [-0.15, -0.1) is 22.7 Å². The van der Waals surface area contributed by atoms with E-state index in [2.05, 4.69) is 0 Å². The van der Waals surface area contributed by atoms with Crippen LogP contribution in [0.15, 0.2) is 59.3 Å². The number of esters is 1. The Kier molecular flexibility index (Phi) is 6.16. The van der Waals surface area contributed by atoms with Crippen LogP contribution in [-0.4, -0.2) is 36.2 Å². The Morgan fingerprint density at radius 3 is 2.30 bits per heavy atom. The highest BCUT2D eigenvalue weighted by atomic mass is 32.1. The van der Waals surface area contributed by atoms with Crippen molar-refractivity contribution in [1.82, 2.24) is 4.90 Å². The van der Waals surface area contributed by atoms with Crippen molar-refractivity contribution in [3.05, 3.63) is 80.2 Å². The molecule has 3 rings (SSSR count). The zero-order chi connectivity index (χ0) is 19.2. The standard InChI is InChI=1S/C20H17NO4S2/c1-21(12-14-6-4-10-26-14)18(22)13-25-20(24)16-8-3-2-7-15(16)19(23)17-9-5-11-27-17/h2-11H,12-13H2,1H3. The van der Waals surface area contributed by atoms with Crippen molar-refractivity contribution in [2.75, 3.05) is 13.7 Å². The lowest BCUT2D eigenvalue weighted by atomic mass is 10.0. The molecule has 0 saturated heterocycles. The molecule has 0 saturated carbocycles. The predicted octanol–water partition coefficient (Wildman–Crippen LogP) is 3.86. The van der Waals surface area contributed by atoms with Gasteiger partial charge in [0, 0.05) is 17.5 Å². The third kappa shape index (κ3) is 4.69. The van der Waals surface area contributed by atoms with Crippen molar-refractivity contribution in [2.45, 2.75) is 6.54 Å². The monoisotopic (exact) mass is 399 g/mol. The summed E-state index contributed by atoms with van der Waals surface area (Å²) in [6, 6.07) is 13.8. The van der Waals surface area contributed by atoms with Gasteiger partial charge in [0.25, 0.3) is 5.91 Å². The van der Waals surface area contributed by atoms with Gasteiger partial charge < -0.3 is 9.64 Å². The second kappa shape index (κ2) is 8.75. The summed E-state index contributed by atoms with van der Waals surface area (Å²) in [5, 5.41) is 3.74. The van der Waals surface area contributed by atoms with Crippen molar-refractivity contribution in [2.24, 2.45) is 0 Å². The van der Waals surface area contributed by atoms with Crippen LogP contribution in [0.3, 0.4) is 0 Å². The van der Waals surface area contributed by atoms with Gasteiger partial charge in [-0.2, -0.15) is 0 Å². The van der Waals surface area contributed by atoms with E-state index in [4.69, 9.17) is 4.74 Å². The van der Waals surface area contributed by atoms with E-state index < -0.39 is 5.97 Å². The van der Waals surface area contributed by atoms with Crippen molar-refractivity contribution in [1.29, 1.82) is 0 Å². The van der Waals surface area contributed by atoms with Crippen LogP contribution in [0.5, 0.6) is 0 Å². The topological polar surface area (TPSA) is 63.7 Å². The first kappa shape index (κ1) is 19.0. The lowest BCUT2D eigenvalue weighted by Gasteiger charge is -2.16. The normalized spacial score (nSPS) is 10.4. The molecule has 3 aromatic rings. The summed E-state index contributed by atoms with van der Waals surface area (Å²) in [6.07, 6.45) is 0. The van der Waals surface area contributed by atoms with Crippen LogP contribution in [-0.2, 0) is 16.1 Å². The first-order valence-corrected chi connectivity index (χ1v) is 9.93. The third-order valence-corrected chi connectivity index (χ3v) is 5.59. The number of benzene rings is 1. The van der Waals surface area contributed by atoms with Crippen LogP contribution in [0.4, 0.5) is 0 Å². The van der Waals surface area contributed by atoms with Gasteiger partial charge in [-0.1, -0.05) is 30.3 Å². The zero-order valence-electron chi connectivity index (χ0n) is 14.6. The maximum absolute atomic E-state index is 12.6. The number of rotatable bonds is 7. The molecule has 0 bridgehead atoms. The van der Waals surface area contributed by atoms with E-state index >= 15 is 0 Å². The number of thiophene rings is 2. The van der Waals surface area contributed by atoms with Crippen LogP contribution in [0.1, 0.15) is 30.5 Å². The molecule has 0 unspecified atom stereocenters. The van der Waals surface area contributed by atoms with Crippen molar-refractivity contribution in [3.8, 4) is 0 Å². The largest absolute Gasteiger partial charge is 0.452 e. The Bertz CT molecular complexity index is 933. The maximum atomic E-state index is 12.6. The van der Waals surface area contributed by atoms with Crippen LogP contribution in [0, 0.1) is 0 Å². The smallest absolute Gasteiger partial charge is 0.339 e. The van der Waals surface area contributed by atoms with Gasteiger partial charge in [0.1, 0.15) is 0 Å². The summed E-state index contributed by atoms with van der Waals surface area (Å²) in [5.41, 5.74) is 0.425. The Morgan fingerprint density at radius 1 is 0.926 bits per heavy atom. The fourth-order valence-electron chi connectivity index (χ4n) is 2.44. The van der Waals surface area contributed by atoms with Crippen LogP contribution in [0.2, 0.25) is 0 Å². The van der Waals surface area contributed by atoms with E-state index in [-0.39, 0.29) is 29.4 Å². The molecular formula is C20H17NO4S2. The van der Waals surface area contributed by atoms with Gasteiger partial charge in [0.2, 0.25) is 5.78 Å². The van der Waals surface area contributed by atoms with Gasteiger partial charge in [-0.3, -0.25) is 9.59 Å². The number of hydrogen-bond acceptors (Lipinski definition) is 6. The fraction of sp³-hybridized carbons (Fsp3) is 0.150. The molecule has 0 aliphatic carbocycles. The number of amides is 1. The second-order valence-electron chi connectivity index (χ2n) is 5.76. The Morgan fingerprint density at radius 2 is 1.63 bits per heavy atom. The lowest BCUT2D eigenvalue weighted by molar-refractivity contribution is -0.133. The van der Waals surface area contributed by atoms with Crippen LogP contribution < -0.4 is 0 Å². The molecular weight excluding hydrogens is 382 g/mol. The molecule has 27 heavy (non-hydrogen) atoms. The minimum absolute atomic E-state index is 0.157. The number of ketones is 1. The molecule has 2 aromatic heterocycles. The molecule has 0 atom stereocenters. The van der Waals surface area contributed by atoms with E-state index in [0.717, 1.165) is 4.88 Å². The number of carbonyl (C=O) groups is 3. The molecule has 0 fully saturated rings. The molecule has 0 aliphatic heterocycles. The van der Waals surface area contributed by atoms with Crippen molar-refractivity contribution >= 4 is 40.3 Å². The summed E-state index contributed by atoms with van der Waals surface area (Å²) < 4.78 is 5.16. The fourth-order valence-corrected chi connectivity index (χ4v) is 3.87. The third-order valence-electron chi connectivity index (χ3n) is 3.86. The predicted molar refractivity (Wildman–Crippen MR) is 105 cm³/mol. The molecule has 5 nitrogen and oxygen atoms in total. The van der Waals surface area contributed by atoms with E-state index in [1.807, 2.05) is 17.5 Å². The Balaban J connectivity index is 1.64. The number of likely N-dealkylation sites (N-methyl/N-ethyl adjacent to an activating group) is 1. The molecule has 0 aliphatic rings. The van der Waals surface area contributed by atoms with Gasteiger partial charge in [-0.05, 0) is 29.0 Å². The molecule has 2 heterocycles. The molecule has 0 radical (unpaired) electrons. The van der Waals surface area contributed by atoms with E-state index in [1.54, 1.807) is 54.1 Å². The molecule has 7 heteroatoms. The maximum Gasteiger partial charge on any atom is 0.339 e. The average Bonchev–Trinajstić information content (AvgIpc) is 3.39. The SMILES string of the molecule is CN(Cc1cccs1)C(=O)COC(=O)c1ccccc1C(=O)c1cccs1. The molecule has 0 N–H and O–H groups in total. The summed E-state index contributed by atoms with van der Waals surface area (Å²) in [4.78, 5) is 40.3. The van der Waals surface area contributed by atoms with Crippen molar-refractivity contribution < 1.29 is 19.1 Å². The first-order valence-electron chi connectivity index (χ1n) is 8.17.